The van der Waals surface area contributed by atoms with Crippen molar-refractivity contribution in [2.45, 2.75) is 26.5 Å². The maximum Gasteiger partial charge on any atom is 0.269 e. The first-order valence-electron chi connectivity index (χ1n) is 9.43. The van der Waals surface area contributed by atoms with Gasteiger partial charge in [-0.15, -0.1) is 0 Å². The summed E-state index contributed by atoms with van der Waals surface area (Å²) in [7, 11) is 0. The lowest BCUT2D eigenvalue weighted by atomic mass is 10.0. The van der Waals surface area contributed by atoms with E-state index >= 15 is 0 Å². The van der Waals surface area contributed by atoms with Gasteiger partial charge < -0.3 is 14.6 Å². The third kappa shape index (κ3) is 5.48. The van der Waals surface area contributed by atoms with E-state index in [9.17, 15) is 14.9 Å². The molecule has 1 amide bonds. The van der Waals surface area contributed by atoms with Gasteiger partial charge >= 0.3 is 0 Å². The largest absolute Gasteiger partial charge is 0.367 e. The van der Waals surface area contributed by atoms with Crippen LogP contribution in [0.4, 0.5) is 5.69 Å². The van der Waals surface area contributed by atoms with Gasteiger partial charge in [0.25, 0.3) is 5.69 Å². The van der Waals surface area contributed by atoms with Crippen LogP contribution in [0.15, 0.2) is 59.1 Å². The van der Waals surface area contributed by atoms with Gasteiger partial charge in [0.1, 0.15) is 12.6 Å². The third-order valence-electron chi connectivity index (χ3n) is 4.37. The predicted molar refractivity (Wildman–Crippen MR) is 108 cm³/mol. The first kappa shape index (κ1) is 21.1. The molecule has 9 heteroatoms. The summed E-state index contributed by atoms with van der Waals surface area (Å²) in [6.45, 7) is 4.09. The lowest BCUT2D eigenvalue weighted by molar-refractivity contribution is -0.384. The predicted octanol–water partition coefficient (Wildman–Crippen LogP) is 3.67. The zero-order valence-corrected chi connectivity index (χ0v) is 16.6. The molecule has 0 saturated heterocycles. The number of nitrogens with zero attached hydrogens (tertiary/aromatic N) is 3. The van der Waals surface area contributed by atoms with Crippen LogP contribution in [-0.4, -0.2) is 27.6 Å². The molecule has 156 valence electrons. The average molecular weight is 410 g/mol. The molecule has 0 aliphatic heterocycles. The number of benzene rings is 2. The second-order valence-corrected chi connectivity index (χ2v) is 7.03. The van der Waals surface area contributed by atoms with Crippen molar-refractivity contribution in [3.8, 4) is 11.4 Å². The van der Waals surface area contributed by atoms with E-state index in [4.69, 9.17) is 9.26 Å². The summed E-state index contributed by atoms with van der Waals surface area (Å²) < 4.78 is 10.8. The van der Waals surface area contributed by atoms with Crippen molar-refractivity contribution in [2.75, 3.05) is 6.61 Å². The summed E-state index contributed by atoms with van der Waals surface area (Å²) in [5, 5.41) is 17.6. The highest BCUT2D eigenvalue weighted by molar-refractivity contribution is 5.77. The van der Waals surface area contributed by atoms with Crippen molar-refractivity contribution < 1.29 is 19.0 Å². The number of hydrogen-bond acceptors (Lipinski definition) is 7. The smallest absolute Gasteiger partial charge is 0.269 e. The van der Waals surface area contributed by atoms with Gasteiger partial charge in [-0.3, -0.25) is 14.9 Å². The molecule has 0 bridgehead atoms. The summed E-state index contributed by atoms with van der Waals surface area (Å²) in [6.07, 6.45) is 0. The number of rotatable bonds is 9. The number of carbonyl (C=O) groups excluding carboxylic acids is 1. The van der Waals surface area contributed by atoms with Crippen LogP contribution < -0.4 is 5.32 Å². The number of nitro benzene ring substituents is 1. The van der Waals surface area contributed by atoms with Crippen LogP contribution in [0, 0.1) is 16.0 Å². The van der Waals surface area contributed by atoms with E-state index in [-0.39, 0.29) is 30.0 Å². The Morgan fingerprint density at radius 1 is 1.17 bits per heavy atom. The number of amides is 1. The third-order valence-corrected chi connectivity index (χ3v) is 4.37. The molecule has 1 heterocycles. The van der Waals surface area contributed by atoms with Crippen LogP contribution in [0.5, 0.6) is 0 Å². The molecule has 30 heavy (non-hydrogen) atoms. The highest BCUT2D eigenvalue weighted by atomic mass is 16.6. The Morgan fingerprint density at radius 3 is 2.50 bits per heavy atom. The second-order valence-electron chi connectivity index (χ2n) is 7.03. The molecule has 0 radical (unpaired) electrons. The van der Waals surface area contributed by atoms with Gasteiger partial charge in [-0.25, -0.2) is 0 Å². The number of ether oxygens (including phenoxy) is 1. The number of carbonyl (C=O) groups is 1. The van der Waals surface area contributed by atoms with Gasteiger partial charge in [-0.05, 0) is 23.6 Å². The standard InChI is InChI=1S/C21H22N4O5/c1-14(2)19(22-18(26)13-29-12-15-6-4-3-5-7-15)21-23-20(24-30-21)16-8-10-17(11-9-16)25(27)28/h3-11,14,19H,12-13H2,1-2H3,(H,22,26)/t19-/m1/s1. The van der Waals surface area contributed by atoms with E-state index in [2.05, 4.69) is 15.5 Å². The molecule has 0 saturated carbocycles. The van der Waals surface area contributed by atoms with Gasteiger partial charge in [0.05, 0.1) is 11.5 Å². The molecular formula is C21H22N4O5. The van der Waals surface area contributed by atoms with Crippen molar-refractivity contribution >= 4 is 11.6 Å². The molecular weight excluding hydrogens is 388 g/mol. The normalized spacial score (nSPS) is 12.0. The molecule has 0 fully saturated rings. The molecule has 1 atom stereocenters. The molecule has 0 spiro atoms. The minimum absolute atomic E-state index is 0.00626. The Kier molecular flexibility index (Phi) is 6.87. The van der Waals surface area contributed by atoms with Crippen LogP contribution >= 0.6 is 0 Å². The highest BCUT2D eigenvalue weighted by Gasteiger charge is 2.25. The molecule has 1 N–H and O–H groups in total. The average Bonchev–Trinajstić information content (AvgIpc) is 3.22. The van der Waals surface area contributed by atoms with Gasteiger partial charge in [0.15, 0.2) is 0 Å². The van der Waals surface area contributed by atoms with E-state index in [0.717, 1.165) is 5.56 Å². The van der Waals surface area contributed by atoms with Crippen molar-refractivity contribution in [3.63, 3.8) is 0 Å². The topological polar surface area (TPSA) is 120 Å². The summed E-state index contributed by atoms with van der Waals surface area (Å²) in [4.78, 5) is 27.0. The number of aromatic nitrogens is 2. The van der Waals surface area contributed by atoms with E-state index < -0.39 is 11.0 Å². The van der Waals surface area contributed by atoms with Crippen molar-refractivity contribution in [1.82, 2.24) is 15.5 Å². The minimum atomic E-state index is -0.489. The zero-order chi connectivity index (χ0) is 21.5. The SMILES string of the molecule is CC(C)[C@@H](NC(=O)COCc1ccccc1)c1nc(-c2ccc([N+](=O)[O-])cc2)no1. The Labute approximate surface area is 173 Å². The van der Waals surface area contributed by atoms with Gasteiger partial charge in [-0.1, -0.05) is 49.3 Å². The molecule has 2 aromatic carbocycles. The lowest BCUT2D eigenvalue weighted by Gasteiger charge is -2.18. The van der Waals surface area contributed by atoms with E-state index in [1.165, 1.54) is 12.1 Å². The first-order valence-corrected chi connectivity index (χ1v) is 9.43. The molecule has 0 aliphatic rings. The summed E-state index contributed by atoms with van der Waals surface area (Å²) in [5.74, 6) is 0.253. The van der Waals surface area contributed by atoms with Crippen LogP contribution in [-0.2, 0) is 16.1 Å². The quantitative estimate of drug-likeness (QED) is 0.422. The Bertz CT molecular complexity index is 986. The second kappa shape index (κ2) is 9.75. The van der Waals surface area contributed by atoms with Crippen LogP contribution in [0.1, 0.15) is 31.3 Å². The number of hydrogen-bond donors (Lipinski definition) is 1. The molecule has 3 aromatic rings. The fraction of sp³-hybridized carbons (Fsp3) is 0.286. The molecule has 9 nitrogen and oxygen atoms in total. The van der Waals surface area contributed by atoms with Crippen molar-refractivity contribution in [1.29, 1.82) is 0 Å². The summed E-state index contributed by atoms with van der Waals surface area (Å²) in [5.41, 5.74) is 1.54. The van der Waals surface area contributed by atoms with E-state index in [0.29, 0.717) is 18.0 Å². The minimum Gasteiger partial charge on any atom is -0.367 e. The number of nitro groups is 1. The van der Waals surface area contributed by atoms with E-state index in [1.807, 2.05) is 44.2 Å². The maximum atomic E-state index is 12.3. The molecule has 0 aliphatic carbocycles. The Hall–Kier alpha value is -3.59. The molecule has 1 aromatic heterocycles. The van der Waals surface area contributed by atoms with Crippen LogP contribution in [0.25, 0.3) is 11.4 Å². The van der Waals surface area contributed by atoms with Gasteiger partial charge in [0.2, 0.25) is 17.6 Å². The highest BCUT2D eigenvalue weighted by Crippen LogP contribution is 2.24. The van der Waals surface area contributed by atoms with Crippen LogP contribution in [0.3, 0.4) is 0 Å². The maximum absolute atomic E-state index is 12.3. The number of non-ortho nitro benzene ring substituents is 1. The Balaban J connectivity index is 1.62. The van der Waals surface area contributed by atoms with Gasteiger partial charge in [0, 0.05) is 17.7 Å². The Morgan fingerprint density at radius 2 is 1.87 bits per heavy atom. The van der Waals surface area contributed by atoms with Gasteiger partial charge in [-0.2, -0.15) is 4.98 Å². The zero-order valence-electron chi connectivity index (χ0n) is 16.6. The fourth-order valence-electron chi connectivity index (χ4n) is 2.78. The summed E-state index contributed by atoms with van der Waals surface area (Å²) in [6, 6.07) is 14.9. The monoisotopic (exact) mass is 410 g/mol. The van der Waals surface area contributed by atoms with Crippen molar-refractivity contribution in [2.24, 2.45) is 5.92 Å². The molecule has 3 rings (SSSR count). The van der Waals surface area contributed by atoms with E-state index in [1.54, 1.807) is 12.1 Å². The first-order chi connectivity index (χ1) is 14.4. The fourth-order valence-corrected chi connectivity index (χ4v) is 2.78. The number of nitrogens with one attached hydrogen (secondary N) is 1. The van der Waals surface area contributed by atoms with Crippen LogP contribution in [0.2, 0.25) is 0 Å². The lowest BCUT2D eigenvalue weighted by Crippen LogP contribution is -2.34. The van der Waals surface area contributed by atoms with Crippen molar-refractivity contribution in [3.05, 3.63) is 76.2 Å². The molecule has 0 unspecified atom stereocenters. The summed E-state index contributed by atoms with van der Waals surface area (Å²) >= 11 is 0.